The fraction of sp³-hybridized carbons (Fsp3) is 0.529. The Kier molecular flexibility index (Phi) is 5.95. The Balaban J connectivity index is 2.04. The summed E-state index contributed by atoms with van der Waals surface area (Å²) < 4.78 is 5.14. The summed E-state index contributed by atoms with van der Waals surface area (Å²) in [7, 11) is 1.70. The van der Waals surface area contributed by atoms with Crippen molar-refractivity contribution in [2.24, 2.45) is 5.92 Å². The Labute approximate surface area is 130 Å². The number of nitrogens with zero attached hydrogens (tertiary/aromatic N) is 1. The molecule has 2 rings (SSSR count). The van der Waals surface area contributed by atoms with Gasteiger partial charge < -0.3 is 14.7 Å². The summed E-state index contributed by atoms with van der Waals surface area (Å²) in [5.41, 5.74) is 0.753. The number of carboxylic acids is 1. The molecular formula is C17H23NO4. The van der Waals surface area contributed by atoms with Gasteiger partial charge >= 0.3 is 5.97 Å². The summed E-state index contributed by atoms with van der Waals surface area (Å²) >= 11 is 0. The van der Waals surface area contributed by atoms with Crippen molar-refractivity contribution in [3.05, 3.63) is 35.4 Å². The van der Waals surface area contributed by atoms with Crippen LogP contribution in [0.15, 0.2) is 24.3 Å². The summed E-state index contributed by atoms with van der Waals surface area (Å²) in [6.07, 6.45) is 4.25. The molecule has 0 spiro atoms. The van der Waals surface area contributed by atoms with Crippen molar-refractivity contribution in [1.29, 1.82) is 0 Å². The van der Waals surface area contributed by atoms with E-state index >= 15 is 0 Å². The Morgan fingerprint density at radius 3 is 2.55 bits per heavy atom. The first-order chi connectivity index (χ1) is 10.6. The van der Waals surface area contributed by atoms with E-state index in [0.29, 0.717) is 11.5 Å². The van der Waals surface area contributed by atoms with Gasteiger partial charge in [-0.15, -0.1) is 0 Å². The van der Waals surface area contributed by atoms with Crippen molar-refractivity contribution in [2.45, 2.75) is 25.7 Å². The van der Waals surface area contributed by atoms with E-state index in [4.69, 9.17) is 9.84 Å². The average molecular weight is 305 g/mol. The van der Waals surface area contributed by atoms with Crippen LogP contribution in [0.25, 0.3) is 0 Å². The first-order valence-electron chi connectivity index (χ1n) is 7.73. The van der Waals surface area contributed by atoms with Gasteiger partial charge in [0.15, 0.2) is 0 Å². The zero-order valence-corrected chi connectivity index (χ0v) is 13.0. The van der Waals surface area contributed by atoms with Gasteiger partial charge in [0.2, 0.25) is 0 Å². The molecule has 1 heterocycles. The van der Waals surface area contributed by atoms with Gasteiger partial charge in [-0.3, -0.25) is 4.79 Å². The van der Waals surface area contributed by atoms with Crippen molar-refractivity contribution in [2.75, 3.05) is 26.8 Å². The molecule has 1 atom stereocenters. The van der Waals surface area contributed by atoms with Crippen LogP contribution in [0.3, 0.4) is 0 Å². The molecule has 22 heavy (non-hydrogen) atoms. The van der Waals surface area contributed by atoms with Gasteiger partial charge in [-0.25, -0.2) is 4.79 Å². The van der Waals surface area contributed by atoms with Crippen molar-refractivity contribution in [3.8, 4) is 0 Å². The maximum atomic E-state index is 12.6. The number of aromatic carboxylic acids is 1. The molecule has 0 saturated carbocycles. The average Bonchev–Trinajstić information content (AvgIpc) is 2.78. The minimum Gasteiger partial charge on any atom is -0.478 e. The summed E-state index contributed by atoms with van der Waals surface area (Å²) in [6.45, 7) is 2.24. The van der Waals surface area contributed by atoms with Crippen LogP contribution >= 0.6 is 0 Å². The molecule has 1 fully saturated rings. The van der Waals surface area contributed by atoms with Gasteiger partial charge in [-0.2, -0.15) is 0 Å². The maximum Gasteiger partial charge on any atom is 0.335 e. The van der Waals surface area contributed by atoms with Gasteiger partial charge in [-0.1, -0.05) is 6.42 Å². The highest BCUT2D eigenvalue weighted by Gasteiger charge is 2.23. The standard InChI is InChI=1S/C17H23NO4/c1-22-11-9-13-4-2-3-10-18(12-13)16(19)14-5-7-15(8-6-14)17(20)21/h5-8,13H,2-4,9-12H2,1H3,(H,20,21)/t13-/m0/s1. The normalized spacial score (nSPS) is 18.8. The minimum atomic E-state index is -0.978. The molecular weight excluding hydrogens is 282 g/mol. The molecule has 5 heteroatoms. The number of methoxy groups -OCH3 is 1. The fourth-order valence-electron chi connectivity index (χ4n) is 2.87. The van der Waals surface area contributed by atoms with Crippen molar-refractivity contribution in [3.63, 3.8) is 0 Å². The van der Waals surface area contributed by atoms with Gasteiger partial charge in [0.25, 0.3) is 5.91 Å². The van der Waals surface area contributed by atoms with E-state index in [9.17, 15) is 9.59 Å². The molecule has 0 radical (unpaired) electrons. The smallest absolute Gasteiger partial charge is 0.335 e. The van der Waals surface area contributed by atoms with Crippen LogP contribution in [-0.4, -0.2) is 48.7 Å². The van der Waals surface area contributed by atoms with Crippen LogP contribution < -0.4 is 0 Å². The highest BCUT2D eigenvalue weighted by molar-refractivity contribution is 5.95. The number of hydrogen-bond donors (Lipinski definition) is 1. The molecule has 0 bridgehead atoms. The second-order valence-electron chi connectivity index (χ2n) is 5.78. The van der Waals surface area contributed by atoms with Crippen LogP contribution in [0, 0.1) is 5.92 Å². The number of carboxylic acid groups (broad SMARTS) is 1. The van der Waals surface area contributed by atoms with Gasteiger partial charge in [0.1, 0.15) is 0 Å². The monoisotopic (exact) mass is 305 g/mol. The number of carbonyl (C=O) groups is 2. The Bertz CT molecular complexity index is 512. The third kappa shape index (κ3) is 4.31. The highest BCUT2D eigenvalue weighted by Crippen LogP contribution is 2.21. The molecule has 0 aliphatic carbocycles. The van der Waals surface area contributed by atoms with Crippen molar-refractivity contribution < 1.29 is 19.4 Å². The lowest BCUT2D eigenvalue weighted by Gasteiger charge is -2.24. The van der Waals surface area contributed by atoms with Gasteiger partial charge in [0.05, 0.1) is 5.56 Å². The van der Waals surface area contributed by atoms with E-state index in [-0.39, 0.29) is 11.5 Å². The fourth-order valence-corrected chi connectivity index (χ4v) is 2.87. The quantitative estimate of drug-likeness (QED) is 0.908. The Hall–Kier alpha value is -1.88. The highest BCUT2D eigenvalue weighted by atomic mass is 16.5. The SMILES string of the molecule is COCC[C@@H]1CCCCN(C(=O)c2ccc(C(=O)O)cc2)C1. The van der Waals surface area contributed by atoms with Crippen LogP contribution in [0.5, 0.6) is 0 Å². The van der Waals surface area contributed by atoms with Gasteiger partial charge in [-0.05, 0) is 49.4 Å². The lowest BCUT2D eigenvalue weighted by molar-refractivity contribution is 0.0692. The molecule has 0 aromatic heterocycles. The largest absolute Gasteiger partial charge is 0.478 e. The first-order valence-corrected chi connectivity index (χ1v) is 7.73. The molecule has 1 aliphatic rings. The van der Waals surface area contributed by atoms with E-state index in [2.05, 4.69) is 0 Å². The number of ether oxygens (including phenoxy) is 1. The van der Waals surface area contributed by atoms with Gasteiger partial charge in [0, 0.05) is 32.4 Å². The Morgan fingerprint density at radius 1 is 1.23 bits per heavy atom. The third-order valence-corrected chi connectivity index (χ3v) is 4.17. The number of amides is 1. The molecule has 5 nitrogen and oxygen atoms in total. The number of hydrogen-bond acceptors (Lipinski definition) is 3. The second-order valence-corrected chi connectivity index (χ2v) is 5.78. The molecule has 0 unspecified atom stereocenters. The summed E-state index contributed by atoms with van der Waals surface area (Å²) in [5.74, 6) is -0.514. The van der Waals surface area contributed by atoms with E-state index in [1.54, 1.807) is 19.2 Å². The van der Waals surface area contributed by atoms with E-state index in [1.807, 2.05) is 4.90 Å². The zero-order chi connectivity index (χ0) is 15.9. The predicted molar refractivity (Wildman–Crippen MR) is 83.1 cm³/mol. The van der Waals surface area contributed by atoms with Crippen LogP contribution in [0.2, 0.25) is 0 Å². The number of benzene rings is 1. The van der Waals surface area contributed by atoms with Crippen LogP contribution in [0.1, 0.15) is 46.4 Å². The first kappa shape index (κ1) is 16.5. The van der Waals surface area contributed by atoms with Crippen LogP contribution in [0.4, 0.5) is 0 Å². The van der Waals surface area contributed by atoms with E-state index in [1.165, 1.54) is 12.1 Å². The topological polar surface area (TPSA) is 66.8 Å². The number of likely N-dealkylation sites (tertiary alicyclic amines) is 1. The Morgan fingerprint density at radius 2 is 1.91 bits per heavy atom. The molecule has 120 valence electrons. The summed E-state index contributed by atoms with van der Waals surface area (Å²) in [6, 6.07) is 6.16. The lowest BCUT2D eigenvalue weighted by Crippen LogP contribution is -2.35. The second kappa shape index (κ2) is 7.94. The lowest BCUT2D eigenvalue weighted by atomic mass is 10.00. The maximum absolute atomic E-state index is 12.6. The number of carbonyl (C=O) groups excluding carboxylic acids is 1. The van der Waals surface area contributed by atoms with Crippen LogP contribution in [-0.2, 0) is 4.74 Å². The molecule has 1 aromatic carbocycles. The number of rotatable bonds is 5. The predicted octanol–water partition coefficient (Wildman–Crippen LogP) is 2.66. The summed E-state index contributed by atoms with van der Waals surface area (Å²) in [5, 5.41) is 8.91. The molecule has 1 N–H and O–H groups in total. The molecule has 1 saturated heterocycles. The zero-order valence-electron chi connectivity index (χ0n) is 13.0. The molecule has 1 aromatic rings. The van der Waals surface area contributed by atoms with E-state index in [0.717, 1.165) is 45.4 Å². The summed E-state index contributed by atoms with van der Waals surface area (Å²) in [4.78, 5) is 25.4. The third-order valence-electron chi connectivity index (χ3n) is 4.17. The molecule has 1 amide bonds. The molecule has 1 aliphatic heterocycles. The minimum absolute atomic E-state index is 0.0127. The van der Waals surface area contributed by atoms with E-state index < -0.39 is 5.97 Å². The van der Waals surface area contributed by atoms with Crippen molar-refractivity contribution >= 4 is 11.9 Å². The van der Waals surface area contributed by atoms with Crippen molar-refractivity contribution in [1.82, 2.24) is 4.90 Å².